The molecule has 124 valence electrons. The summed E-state index contributed by atoms with van der Waals surface area (Å²) in [4.78, 5) is 24.0. The van der Waals surface area contributed by atoms with Gasteiger partial charge in [0.25, 0.3) is 0 Å². The third-order valence-electron chi connectivity index (χ3n) is 3.76. The summed E-state index contributed by atoms with van der Waals surface area (Å²) in [5.41, 5.74) is 0.514. The van der Waals surface area contributed by atoms with Crippen molar-refractivity contribution in [2.24, 2.45) is 5.92 Å². The highest BCUT2D eigenvalue weighted by Gasteiger charge is 2.10. The Kier molecular flexibility index (Phi) is 4.69. The van der Waals surface area contributed by atoms with Gasteiger partial charge in [-0.3, -0.25) is 19.0 Å². The number of amides is 1. The van der Waals surface area contributed by atoms with Crippen LogP contribution in [-0.2, 0) is 17.9 Å². The van der Waals surface area contributed by atoms with E-state index in [-0.39, 0.29) is 23.8 Å². The molecule has 0 saturated heterocycles. The SMILES string of the molecule is CC(CNC(=O)Cn1ncc(=O)c2ccccc21)Cn1cccn1. The van der Waals surface area contributed by atoms with E-state index in [0.29, 0.717) is 17.4 Å². The fraction of sp³-hybridized carbons (Fsp3) is 0.294. The molecule has 1 N–H and O–H groups in total. The van der Waals surface area contributed by atoms with E-state index >= 15 is 0 Å². The third kappa shape index (κ3) is 3.68. The van der Waals surface area contributed by atoms with Crippen molar-refractivity contribution < 1.29 is 4.79 Å². The van der Waals surface area contributed by atoms with Gasteiger partial charge >= 0.3 is 0 Å². The number of carbonyl (C=O) groups is 1. The summed E-state index contributed by atoms with van der Waals surface area (Å²) in [5.74, 6) is 0.121. The highest BCUT2D eigenvalue weighted by atomic mass is 16.2. The molecule has 2 heterocycles. The van der Waals surface area contributed by atoms with Gasteiger partial charge in [-0.15, -0.1) is 0 Å². The van der Waals surface area contributed by atoms with Gasteiger partial charge in [0.15, 0.2) is 0 Å². The van der Waals surface area contributed by atoms with Gasteiger partial charge in [0.2, 0.25) is 11.3 Å². The van der Waals surface area contributed by atoms with Crippen molar-refractivity contribution in [3.05, 3.63) is 59.1 Å². The molecule has 0 fully saturated rings. The fourth-order valence-electron chi connectivity index (χ4n) is 2.56. The molecule has 3 aromatic rings. The molecular formula is C17H19N5O2. The summed E-state index contributed by atoms with van der Waals surface area (Å²) in [6.07, 6.45) is 4.88. The lowest BCUT2D eigenvalue weighted by molar-refractivity contribution is -0.122. The number of hydrogen-bond acceptors (Lipinski definition) is 4. The minimum atomic E-state index is -0.143. The lowest BCUT2D eigenvalue weighted by Gasteiger charge is -2.14. The van der Waals surface area contributed by atoms with Crippen molar-refractivity contribution >= 4 is 16.8 Å². The van der Waals surface area contributed by atoms with Crippen LogP contribution in [0.15, 0.2) is 53.7 Å². The second-order valence-electron chi connectivity index (χ2n) is 5.82. The first-order valence-corrected chi connectivity index (χ1v) is 7.82. The Morgan fingerprint density at radius 3 is 2.88 bits per heavy atom. The normalized spacial score (nSPS) is 12.2. The summed E-state index contributed by atoms with van der Waals surface area (Å²) < 4.78 is 3.39. The molecule has 0 radical (unpaired) electrons. The minimum Gasteiger partial charge on any atom is -0.354 e. The van der Waals surface area contributed by atoms with Crippen LogP contribution < -0.4 is 10.7 Å². The molecule has 3 rings (SSSR count). The summed E-state index contributed by atoms with van der Waals surface area (Å²) in [5, 5.41) is 11.7. The van der Waals surface area contributed by atoms with Gasteiger partial charge in [-0.1, -0.05) is 19.1 Å². The molecule has 0 bridgehead atoms. The number of aromatic nitrogens is 4. The van der Waals surface area contributed by atoms with E-state index in [9.17, 15) is 9.59 Å². The van der Waals surface area contributed by atoms with Crippen LogP contribution in [-0.4, -0.2) is 32.0 Å². The van der Waals surface area contributed by atoms with Gasteiger partial charge in [0.05, 0.1) is 11.7 Å². The molecule has 1 amide bonds. The second-order valence-corrected chi connectivity index (χ2v) is 5.82. The van der Waals surface area contributed by atoms with Gasteiger partial charge in [-0.2, -0.15) is 10.2 Å². The van der Waals surface area contributed by atoms with E-state index < -0.39 is 0 Å². The van der Waals surface area contributed by atoms with Gasteiger partial charge in [0.1, 0.15) is 6.54 Å². The van der Waals surface area contributed by atoms with Crippen molar-refractivity contribution in [1.82, 2.24) is 24.9 Å². The lowest BCUT2D eigenvalue weighted by atomic mass is 10.2. The fourth-order valence-corrected chi connectivity index (χ4v) is 2.56. The quantitative estimate of drug-likeness (QED) is 0.734. The zero-order valence-electron chi connectivity index (χ0n) is 13.4. The van der Waals surface area contributed by atoms with E-state index in [2.05, 4.69) is 22.4 Å². The Balaban J connectivity index is 1.61. The Morgan fingerprint density at radius 2 is 2.08 bits per heavy atom. The Labute approximate surface area is 138 Å². The first-order valence-electron chi connectivity index (χ1n) is 7.82. The average Bonchev–Trinajstić information content (AvgIpc) is 3.09. The zero-order valence-corrected chi connectivity index (χ0v) is 13.4. The molecule has 1 unspecified atom stereocenters. The highest BCUT2D eigenvalue weighted by Crippen LogP contribution is 2.07. The maximum absolute atomic E-state index is 12.2. The lowest BCUT2D eigenvalue weighted by Crippen LogP contribution is -2.33. The molecule has 0 saturated carbocycles. The molecule has 0 aliphatic rings. The molecule has 24 heavy (non-hydrogen) atoms. The van der Waals surface area contributed by atoms with Crippen LogP contribution in [0.4, 0.5) is 0 Å². The van der Waals surface area contributed by atoms with Gasteiger partial charge in [0, 0.05) is 30.9 Å². The van der Waals surface area contributed by atoms with Crippen molar-refractivity contribution in [3.8, 4) is 0 Å². The predicted molar refractivity (Wildman–Crippen MR) is 90.4 cm³/mol. The highest BCUT2D eigenvalue weighted by molar-refractivity contribution is 5.81. The topological polar surface area (TPSA) is 81.8 Å². The van der Waals surface area contributed by atoms with E-state index in [1.54, 1.807) is 29.1 Å². The number of hydrogen-bond donors (Lipinski definition) is 1. The molecule has 0 spiro atoms. The summed E-state index contributed by atoms with van der Waals surface area (Å²) >= 11 is 0. The Hall–Kier alpha value is -2.96. The van der Waals surface area contributed by atoms with Crippen molar-refractivity contribution in [2.45, 2.75) is 20.0 Å². The second kappa shape index (κ2) is 7.08. The molecular weight excluding hydrogens is 306 g/mol. The summed E-state index contributed by atoms with van der Waals surface area (Å²) in [6, 6.07) is 9.02. The molecule has 0 aliphatic heterocycles. The molecule has 7 heteroatoms. The van der Waals surface area contributed by atoms with Crippen molar-refractivity contribution in [1.29, 1.82) is 0 Å². The van der Waals surface area contributed by atoms with Crippen molar-refractivity contribution in [3.63, 3.8) is 0 Å². The molecule has 1 aromatic carbocycles. The zero-order chi connectivity index (χ0) is 16.9. The molecule has 2 aromatic heterocycles. The number of fused-ring (bicyclic) bond motifs is 1. The van der Waals surface area contributed by atoms with Gasteiger partial charge in [-0.05, 0) is 24.1 Å². The summed E-state index contributed by atoms with van der Waals surface area (Å²) in [6.45, 7) is 3.42. The van der Waals surface area contributed by atoms with Gasteiger partial charge < -0.3 is 5.32 Å². The minimum absolute atomic E-state index is 0.0787. The van der Waals surface area contributed by atoms with Crippen LogP contribution in [0, 0.1) is 5.92 Å². The smallest absolute Gasteiger partial charge is 0.241 e. The van der Waals surface area contributed by atoms with Crippen molar-refractivity contribution in [2.75, 3.05) is 6.54 Å². The number of para-hydroxylation sites is 1. The number of nitrogens with one attached hydrogen (secondary N) is 1. The van der Waals surface area contributed by atoms with Crippen LogP contribution in [0.1, 0.15) is 6.92 Å². The van der Waals surface area contributed by atoms with E-state index in [1.807, 2.05) is 23.0 Å². The first kappa shape index (κ1) is 15.9. The van der Waals surface area contributed by atoms with Gasteiger partial charge in [-0.25, -0.2) is 0 Å². The Bertz CT molecular complexity index is 885. The number of rotatable bonds is 6. The standard InChI is InChI=1S/C17H19N5O2/c1-13(11-21-8-4-7-19-21)9-18-17(24)12-22-15-6-3-2-5-14(15)16(23)10-20-22/h2-8,10,13H,9,11-12H2,1H3,(H,18,24). The van der Waals surface area contributed by atoms with E-state index in [1.165, 1.54) is 6.20 Å². The van der Waals surface area contributed by atoms with Crippen LogP contribution in [0.25, 0.3) is 10.9 Å². The largest absolute Gasteiger partial charge is 0.354 e. The third-order valence-corrected chi connectivity index (χ3v) is 3.76. The van der Waals surface area contributed by atoms with Crippen LogP contribution in [0.5, 0.6) is 0 Å². The molecule has 1 atom stereocenters. The van der Waals surface area contributed by atoms with E-state index in [4.69, 9.17) is 0 Å². The number of nitrogens with zero attached hydrogens (tertiary/aromatic N) is 4. The monoisotopic (exact) mass is 325 g/mol. The average molecular weight is 325 g/mol. The molecule has 7 nitrogen and oxygen atoms in total. The summed E-state index contributed by atoms with van der Waals surface area (Å²) in [7, 11) is 0. The molecule has 0 aliphatic carbocycles. The van der Waals surface area contributed by atoms with Crippen LogP contribution >= 0.6 is 0 Å². The maximum atomic E-state index is 12.2. The number of carbonyl (C=O) groups excluding carboxylic acids is 1. The van der Waals surface area contributed by atoms with Crippen LogP contribution in [0.2, 0.25) is 0 Å². The van der Waals surface area contributed by atoms with Crippen LogP contribution in [0.3, 0.4) is 0 Å². The predicted octanol–water partition coefficient (Wildman–Crippen LogP) is 1.05. The first-order chi connectivity index (χ1) is 11.6. The number of benzene rings is 1. The van der Waals surface area contributed by atoms with E-state index in [0.717, 1.165) is 6.54 Å². The Morgan fingerprint density at radius 1 is 1.25 bits per heavy atom. The maximum Gasteiger partial charge on any atom is 0.241 e.